The Balaban J connectivity index is 1.93. The molecule has 0 spiro atoms. The third-order valence-electron chi connectivity index (χ3n) is 5.67. The van der Waals surface area contributed by atoms with Crippen LogP contribution in [-0.2, 0) is 11.8 Å². The normalized spacial score (nSPS) is 37.8. The lowest BCUT2D eigenvalue weighted by molar-refractivity contribution is 0.0789. The zero-order valence-electron chi connectivity index (χ0n) is 10.8. The smallest absolute Gasteiger partial charge is 0.119 e. The van der Waals surface area contributed by atoms with Crippen LogP contribution >= 0.6 is 0 Å². The Kier molecular flexibility index (Phi) is 2.25. The predicted molar refractivity (Wildman–Crippen MR) is 71.9 cm³/mol. The molecule has 2 aliphatic carbocycles. The first-order valence-electron chi connectivity index (χ1n) is 7.36. The van der Waals surface area contributed by atoms with Gasteiger partial charge in [0.05, 0.1) is 0 Å². The van der Waals surface area contributed by atoms with Crippen molar-refractivity contribution in [3.05, 3.63) is 29.3 Å². The monoisotopic (exact) mass is 243 g/mol. The number of piperidine rings is 1. The molecule has 1 heterocycles. The van der Waals surface area contributed by atoms with E-state index in [2.05, 4.69) is 11.4 Å². The molecule has 4 rings (SSSR count). The first-order chi connectivity index (χ1) is 8.81. The first kappa shape index (κ1) is 10.9. The lowest BCUT2D eigenvalue weighted by Gasteiger charge is -2.56. The number of benzene rings is 1. The highest BCUT2D eigenvalue weighted by Crippen LogP contribution is 2.54. The van der Waals surface area contributed by atoms with E-state index in [9.17, 15) is 5.11 Å². The van der Waals surface area contributed by atoms with Gasteiger partial charge in [-0.05, 0) is 55.3 Å². The number of nitrogens with one attached hydrogen (secondary N) is 1. The van der Waals surface area contributed by atoms with Crippen LogP contribution in [0, 0.1) is 5.92 Å². The van der Waals surface area contributed by atoms with Crippen LogP contribution < -0.4 is 5.32 Å². The van der Waals surface area contributed by atoms with Gasteiger partial charge in [-0.2, -0.15) is 0 Å². The van der Waals surface area contributed by atoms with Gasteiger partial charge < -0.3 is 10.4 Å². The van der Waals surface area contributed by atoms with Crippen molar-refractivity contribution in [1.82, 2.24) is 5.32 Å². The Labute approximate surface area is 108 Å². The van der Waals surface area contributed by atoms with E-state index >= 15 is 0 Å². The quantitative estimate of drug-likeness (QED) is 0.734. The van der Waals surface area contributed by atoms with Crippen LogP contribution in [0.1, 0.15) is 43.2 Å². The maximum Gasteiger partial charge on any atom is 0.119 e. The summed E-state index contributed by atoms with van der Waals surface area (Å²) in [6.45, 7) is 1.15. The van der Waals surface area contributed by atoms with Gasteiger partial charge in [0.15, 0.2) is 0 Å². The zero-order chi connectivity index (χ0) is 12.2. The summed E-state index contributed by atoms with van der Waals surface area (Å²) in [5, 5.41) is 13.9. The van der Waals surface area contributed by atoms with E-state index < -0.39 is 0 Å². The van der Waals surface area contributed by atoms with Gasteiger partial charge in [-0.25, -0.2) is 0 Å². The van der Waals surface area contributed by atoms with Crippen LogP contribution in [0.5, 0.6) is 5.75 Å². The molecule has 1 saturated carbocycles. The molecule has 1 aromatic rings. The van der Waals surface area contributed by atoms with Crippen molar-refractivity contribution in [2.75, 3.05) is 6.54 Å². The topological polar surface area (TPSA) is 32.3 Å². The number of fused-ring (bicyclic) bond motifs is 1. The maximum atomic E-state index is 10.2. The molecule has 0 unspecified atom stereocenters. The zero-order valence-corrected chi connectivity index (χ0v) is 10.8. The van der Waals surface area contributed by atoms with Gasteiger partial charge in [0.25, 0.3) is 0 Å². The van der Waals surface area contributed by atoms with Crippen molar-refractivity contribution in [3.63, 3.8) is 0 Å². The summed E-state index contributed by atoms with van der Waals surface area (Å²) in [5.41, 5.74) is 3.08. The number of hydrogen-bond acceptors (Lipinski definition) is 2. The Hall–Kier alpha value is -1.02. The van der Waals surface area contributed by atoms with Crippen LogP contribution in [0.25, 0.3) is 0 Å². The Morgan fingerprint density at radius 3 is 3.11 bits per heavy atom. The molecule has 2 N–H and O–H groups in total. The molecule has 1 aliphatic heterocycles. The van der Waals surface area contributed by atoms with E-state index in [1.54, 1.807) is 0 Å². The van der Waals surface area contributed by atoms with Crippen molar-refractivity contribution in [2.24, 2.45) is 5.92 Å². The first-order valence-corrected chi connectivity index (χ1v) is 7.36. The average Bonchev–Trinajstić information content (AvgIpc) is 2.40. The molecule has 0 aromatic heterocycles. The van der Waals surface area contributed by atoms with E-state index in [1.165, 1.54) is 43.2 Å². The summed E-state index contributed by atoms with van der Waals surface area (Å²) >= 11 is 0. The molecule has 2 fully saturated rings. The van der Waals surface area contributed by atoms with Crippen LogP contribution in [-0.4, -0.2) is 17.7 Å². The second-order valence-corrected chi connectivity index (χ2v) is 6.33. The van der Waals surface area contributed by atoms with Crippen LogP contribution in [0.4, 0.5) is 0 Å². The second kappa shape index (κ2) is 3.74. The van der Waals surface area contributed by atoms with E-state index in [0.29, 0.717) is 17.2 Å². The van der Waals surface area contributed by atoms with E-state index in [0.717, 1.165) is 18.9 Å². The van der Waals surface area contributed by atoms with Crippen molar-refractivity contribution >= 4 is 0 Å². The molecule has 1 aromatic carbocycles. The SMILES string of the molecule is Oc1cccc2c1C[C@H]1NCC[C@@]23CCCC[C@@H]13. The number of phenolic OH excluding ortho intramolecular Hbond substituents is 1. The molecule has 3 aliphatic rings. The highest BCUT2D eigenvalue weighted by Gasteiger charge is 2.51. The molecule has 96 valence electrons. The highest BCUT2D eigenvalue weighted by molar-refractivity contribution is 5.48. The van der Waals surface area contributed by atoms with Crippen LogP contribution in [0.2, 0.25) is 0 Å². The number of phenols is 1. The van der Waals surface area contributed by atoms with Gasteiger partial charge in [-0.15, -0.1) is 0 Å². The molecule has 2 bridgehead atoms. The molecule has 0 radical (unpaired) electrons. The summed E-state index contributed by atoms with van der Waals surface area (Å²) in [5.74, 6) is 1.32. The summed E-state index contributed by atoms with van der Waals surface area (Å²) in [7, 11) is 0. The molecule has 3 atom stereocenters. The van der Waals surface area contributed by atoms with Gasteiger partial charge in [-0.3, -0.25) is 0 Å². The summed E-state index contributed by atoms with van der Waals surface area (Å²) in [6, 6.07) is 6.78. The van der Waals surface area contributed by atoms with Gasteiger partial charge in [0.2, 0.25) is 0 Å². The van der Waals surface area contributed by atoms with Crippen LogP contribution in [0.15, 0.2) is 18.2 Å². The third-order valence-corrected chi connectivity index (χ3v) is 5.67. The number of aromatic hydroxyl groups is 1. The predicted octanol–water partition coefficient (Wildman–Crippen LogP) is 2.74. The number of hydrogen-bond donors (Lipinski definition) is 2. The van der Waals surface area contributed by atoms with Crippen molar-refractivity contribution < 1.29 is 5.11 Å². The van der Waals surface area contributed by atoms with Crippen molar-refractivity contribution in [1.29, 1.82) is 0 Å². The molecular weight excluding hydrogens is 222 g/mol. The Bertz CT molecular complexity index is 480. The minimum Gasteiger partial charge on any atom is -0.508 e. The lowest BCUT2D eigenvalue weighted by Crippen LogP contribution is -2.59. The lowest BCUT2D eigenvalue weighted by atomic mass is 9.53. The summed E-state index contributed by atoms with van der Waals surface area (Å²) in [6.07, 6.45) is 7.72. The van der Waals surface area contributed by atoms with Gasteiger partial charge in [0.1, 0.15) is 5.75 Å². The maximum absolute atomic E-state index is 10.2. The molecule has 0 amide bonds. The third kappa shape index (κ3) is 1.27. The molecule has 2 heteroatoms. The van der Waals surface area contributed by atoms with E-state index in [-0.39, 0.29) is 0 Å². The van der Waals surface area contributed by atoms with E-state index in [1.807, 2.05) is 12.1 Å². The van der Waals surface area contributed by atoms with E-state index in [4.69, 9.17) is 0 Å². The molecule has 18 heavy (non-hydrogen) atoms. The molecule has 1 saturated heterocycles. The minimum atomic E-state index is 0.375. The fraction of sp³-hybridized carbons (Fsp3) is 0.625. The fourth-order valence-corrected chi connectivity index (χ4v) is 4.95. The Morgan fingerprint density at radius 1 is 1.22 bits per heavy atom. The van der Waals surface area contributed by atoms with Gasteiger partial charge in [-0.1, -0.05) is 25.0 Å². The highest BCUT2D eigenvalue weighted by atomic mass is 16.3. The standard InChI is InChI=1S/C16H21NO/c18-15-6-3-5-12-11(15)10-14-13-4-1-2-7-16(12,13)8-9-17-14/h3,5-6,13-14,17-18H,1-2,4,7-10H2/t13-,14+,16-/m0/s1. The van der Waals surface area contributed by atoms with Crippen molar-refractivity contribution in [2.45, 2.75) is 50.0 Å². The molecule has 2 nitrogen and oxygen atoms in total. The van der Waals surface area contributed by atoms with Crippen LogP contribution in [0.3, 0.4) is 0 Å². The number of rotatable bonds is 0. The minimum absolute atomic E-state index is 0.375. The Morgan fingerprint density at radius 2 is 2.17 bits per heavy atom. The largest absolute Gasteiger partial charge is 0.508 e. The molecular formula is C16H21NO. The van der Waals surface area contributed by atoms with Gasteiger partial charge >= 0.3 is 0 Å². The van der Waals surface area contributed by atoms with Crippen molar-refractivity contribution in [3.8, 4) is 5.75 Å². The summed E-state index contributed by atoms with van der Waals surface area (Å²) in [4.78, 5) is 0. The van der Waals surface area contributed by atoms with Gasteiger partial charge in [0, 0.05) is 11.5 Å². The fourth-order valence-electron chi connectivity index (χ4n) is 4.95. The second-order valence-electron chi connectivity index (χ2n) is 6.33. The average molecular weight is 243 g/mol. The summed E-state index contributed by atoms with van der Waals surface area (Å²) < 4.78 is 0.